The van der Waals surface area contributed by atoms with Crippen LogP contribution in [0.4, 0.5) is 22.0 Å². The van der Waals surface area contributed by atoms with E-state index in [4.69, 9.17) is 4.74 Å². The Morgan fingerprint density at radius 2 is 1.51 bits per heavy atom. The quantitative estimate of drug-likeness (QED) is 0.148. The fraction of sp³-hybridized carbons (Fsp3) is 0.586. The molecule has 2 atom stereocenters. The lowest BCUT2D eigenvalue weighted by atomic mass is 9.66. The van der Waals surface area contributed by atoms with Gasteiger partial charge in [0.25, 0.3) is 0 Å². The van der Waals surface area contributed by atoms with Gasteiger partial charge in [-0.2, -0.15) is 22.0 Å². The Morgan fingerprint density at radius 3 is 2.17 bits per heavy atom. The van der Waals surface area contributed by atoms with E-state index in [2.05, 4.69) is 11.6 Å². The average Bonchev–Trinajstić information content (AvgIpc) is 2.88. The first-order valence-corrected chi connectivity index (χ1v) is 15.5. The van der Waals surface area contributed by atoms with Gasteiger partial charge in [0.05, 0.1) is 12.4 Å². The molecule has 2 unspecified atom stereocenters. The predicted molar refractivity (Wildman–Crippen MR) is 146 cm³/mol. The molecule has 6 nitrogen and oxygen atoms in total. The van der Waals surface area contributed by atoms with Gasteiger partial charge in [-0.15, -0.1) is 0 Å². The van der Waals surface area contributed by atoms with Crippen LogP contribution in [0, 0.1) is 0 Å². The lowest BCUT2D eigenvalue weighted by Crippen LogP contribution is -2.40. The van der Waals surface area contributed by atoms with E-state index in [1.807, 2.05) is 18.2 Å². The lowest BCUT2D eigenvalue weighted by Gasteiger charge is -2.43. The summed E-state index contributed by atoms with van der Waals surface area (Å²) in [4.78, 5) is 0. The molecule has 3 rings (SSSR count). The van der Waals surface area contributed by atoms with Gasteiger partial charge < -0.3 is 14.9 Å². The Hall–Kier alpha value is -2.60. The van der Waals surface area contributed by atoms with Gasteiger partial charge >= 0.3 is 12.1 Å². The van der Waals surface area contributed by atoms with Crippen molar-refractivity contribution in [2.75, 3.05) is 18.9 Å². The fourth-order valence-electron chi connectivity index (χ4n) is 5.31. The molecule has 41 heavy (non-hydrogen) atoms. The van der Waals surface area contributed by atoms with Crippen molar-refractivity contribution in [2.45, 2.75) is 88.1 Å². The van der Waals surface area contributed by atoms with E-state index >= 15 is 0 Å². The molecular formula is C29H38F5NO5S. The number of rotatable bonds is 15. The van der Waals surface area contributed by atoms with Crippen LogP contribution in [0.3, 0.4) is 0 Å². The number of phenols is 2. The first-order valence-electron chi connectivity index (χ1n) is 13.8. The Bertz CT molecular complexity index is 1240. The number of hydrogen-bond acceptors (Lipinski definition) is 5. The molecule has 0 saturated carbocycles. The van der Waals surface area contributed by atoms with Crippen LogP contribution in [0.1, 0.15) is 81.8 Å². The van der Waals surface area contributed by atoms with Crippen LogP contribution in [0.15, 0.2) is 42.5 Å². The maximum atomic E-state index is 12.9. The van der Waals surface area contributed by atoms with Gasteiger partial charge in [-0.3, -0.25) is 0 Å². The van der Waals surface area contributed by atoms with Gasteiger partial charge in [0.2, 0.25) is 10.0 Å². The third-order valence-electron chi connectivity index (χ3n) is 7.76. The number of aromatic hydroxyl groups is 2. The number of nitrogens with one attached hydrogen (secondary N) is 1. The first-order chi connectivity index (χ1) is 19.1. The van der Waals surface area contributed by atoms with Gasteiger partial charge in [0, 0.05) is 30.4 Å². The Labute approximate surface area is 238 Å². The van der Waals surface area contributed by atoms with E-state index in [9.17, 15) is 40.6 Å². The average molecular weight is 608 g/mol. The molecule has 1 aliphatic heterocycles. The minimum Gasteiger partial charge on any atom is -0.508 e. The molecule has 12 heteroatoms. The molecule has 0 bridgehead atoms. The van der Waals surface area contributed by atoms with E-state index in [-0.39, 0.29) is 29.4 Å². The van der Waals surface area contributed by atoms with Crippen LogP contribution < -0.4 is 9.46 Å². The highest BCUT2D eigenvalue weighted by molar-refractivity contribution is 7.89. The van der Waals surface area contributed by atoms with Crippen LogP contribution in [0.5, 0.6) is 17.2 Å². The number of unbranched alkanes of at least 4 members (excludes halogenated alkanes) is 5. The van der Waals surface area contributed by atoms with Crippen LogP contribution in [0.25, 0.3) is 0 Å². The molecule has 1 heterocycles. The summed E-state index contributed by atoms with van der Waals surface area (Å²) in [6.45, 7) is 2.68. The largest absolute Gasteiger partial charge is 0.508 e. The number of fused-ring (bicyclic) bond motifs is 1. The highest BCUT2D eigenvalue weighted by Crippen LogP contribution is 2.49. The van der Waals surface area contributed by atoms with E-state index in [1.165, 1.54) is 0 Å². The molecule has 0 saturated heterocycles. The lowest BCUT2D eigenvalue weighted by molar-refractivity contribution is -0.284. The topological polar surface area (TPSA) is 95.9 Å². The Balaban J connectivity index is 1.41. The Kier molecular flexibility index (Phi) is 10.9. The number of sulfonamides is 1. The SMILES string of the molecule is CC1(c2ccc(O)cc2)COc2cc(O)ccc2C1CCCCCCCCNS(=O)(=O)CCCC(F)(F)C(F)(F)F. The molecule has 0 radical (unpaired) electrons. The number of hydrogen-bond donors (Lipinski definition) is 3. The highest BCUT2D eigenvalue weighted by atomic mass is 32.2. The van der Waals surface area contributed by atoms with Crippen molar-refractivity contribution in [2.24, 2.45) is 0 Å². The summed E-state index contributed by atoms with van der Waals surface area (Å²) in [7, 11) is -3.92. The second kappa shape index (κ2) is 13.6. The first kappa shape index (κ1) is 32.9. The zero-order valence-corrected chi connectivity index (χ0v) is 23.8. The van der Waals surface area contributed by atoms with E-state index in [0.717, 1.165) is 49.7 Å². The predicted octanol–water partition coefficient (Wildman–Crippen LogP) is 7.16. The fourth-order valence-corrected chi connectivity index (χ4v) is 6.44. The maximum Gasteiger partial charge on any atom is 0.453 e. The monoisotopic (exact) mass is 607 g/mol. The van der Waals surface area contributed by atoms with Crippen molar-refractivity contribution < 1.29 is 45.3 Å². The zero-order valence-electron chi connectivity index (χ0n) is 23.0. The van der Waals surface area contributed by atoms with Gasteiger partial charge in [-0.25, -0.2) is 13.1 Å². The summed E-state index contributed by atoms with van der Waals surface area (Å²) in [5, 5.41) is 19.7. The molecule has 0 spiro atoms. The molecule has 0 amide bonds. The van der Waals surface area contributed by atoms with Gasteiger partial charge in [0.15, 0.2) is 0 Å². The second-order valence-electron chi connectivity index (χ2n) is 11.0. The third kappa shape index (κ3) is 8.94. The number of halogens is 5. The highest BCUT2D eigenvalue weighted by Gasteiger charge is 2.56. The summed E-state index contributed by atoms with van der Waals surface area (Å²) in [6.07, 6.45) is -2.17. The summed E-state index contributed by atoms with van der Waals surface area (Å²) in [5.41, 5.74) is 1.74. The van der Waals surface area contributed by atoms with Crippen molar-refractivity contribution in [1.82, 2.24) is 4.72 Å². The third-order valence-corrected chi connectivity index (χ3v) is 9.23. The molecule has 2 aromatic carbocycles. The molecule has 0 aliphatic carbocycles. The van der Waals surface area contributed by atoms with Crippen molar-refractivity contribution >= 4 is 10.0 Å². The molecular weight excluding hydrogens is 569 g/mol. The number of ether oxygens (including phenoxy) is 1. The van der Waals surface area contributed by atoms with Crippen LogP contribution in [-0.4, -0.2) is 49.6 Å². The van der Waals surface area contributed by atoms with Crippen molar-refractivity contribution in [1.29, 1.82) is 0 Å². The van der Waals surface area contributed by atoms with Crippen LogP contribution in [-0.2, 0) is 15.4 Å². The van der Waals surface area contributed by atoms with Gasteiger partial charge in [0.1, 0.15) is 17.2 Å². The number of phenolic OH excluding ortho intramolecular Hbond substituents is 2. The van der Waals surface area contributed by atoms with Crippen LogP contribution >= 0.6 is 0 Å². The van der Waals surface area contributed by atoms with Crippen molar-refractivity contribution in [3.8, 4) is 17.2 Å². The molecule has 1 aliphatic rings. The summed E-state index contributed by atoms with van der Waals surface area (Å²) >= 11 is 0. The molecule has 0 aromatic heterocycles. The standard InChI is InChI=1S/C29H38F5NO5S/c1-27(21-10-12-22(36)13-11-21)20-40-26-19-23(37)14-15-24(26)25(27)9-6-4-2-3-5-7-17-35-41(38,39)18-8-16-28(30,31)29(32,33)34/h10-15,19,25,35-37H,2-9,16-18,20H2,1H3. The second-order valence-corrected chi connectivity index (χ2v) is 12.9. The van der Waals surface area contributed by atoms with Gasteiger partial charge in [-0.1, -0.05) is 57.2 Å². The molecule has 3 N–H and O–H groups in total. The Morgan fingerprint density at radius 1 is 0.902 bits per heavy atom. The minimum atomic E-state index is -5.68. The van der Waals surface area contributed by atoms with E-state index < -0.39 is 40.7 Å². The number of benzene rings is 2. The summed E-state index contributed by atoms with van der Waals surface area (Å²) in [6, 6.07) is 12.3. The van der Waals surface area contributed by atoms with Crippen LogP contribution in [0.2, 0.25) is 0 Å². The molecule has 230 valence electrons. The van der Waals surface area contributed by atoms with Crippen molar-refractivity contribution in [3.05, 3.63) is 53.6 Å². The summed E-state index contributed by atoms with van der Waals surface area (Å²) < 4.78 is 94.6. The molecule has 0 fully saturated rings. The maximum absolute atomic E-state index is 12.9. The zero-order chi connectivity index (χ0) is 30.3. The smallest absolute Gasteiger partial charge is 0.453 e. The summed E-state index contributed by atoms with van der Waals surface area (Å²) in [5.74, 6) is -4.56. The van der Waals surface area contributed by atoms with Crippen molar-refractivity contribution in [3.63, 3.8) is 0 Å². The van der Waals surface area contributed by atoms with Gasteiger partial charge in [-0.05, 0) is 48.6 Å². The molecule has 2 aromatic rings. The minimum absolute atomic E-state index is 0.106. The normalized spacial score (nSPS) is 19.5. The number of alkyl halides is 5. The van der Waals surface area contributed by atoms with E-state index in [1.54, 1.807) is 24.3 Å². The van der Waals surface area contributed by atoms with E-state index in [0.29, 0.717) is 18.8 Å².